The number of oxazole rings is 1. The van der Waals surface area contributed by atoms with Gasteiger partial charge in [0.1, 0.15) is 5.52 Å². The van der Waals surface area contributed by atoms with Gasteiger partial charge in [0.2, 0.25) is 5.89 Å². The first kappa shape index (κ1) is 14.2. The van der Waals surface area contributed by atoms with Gasteiger partial charge in [0, 0.05) is 5.56 Å². The average molecular weight is 324 g/mol. The maximum absolute atomic E-state index is 5.90. The molecule has 23 heavy (non-hydrogen) atoms. The molecule has 0 bridgehead atoms. The van der Waals surface area contributed by atoms with Crippen LogP contribution in [0.2, 0.25) is 0 Å². The van der Waals surface area contributed by atoms with E-state index >= 15 is 0 Å². The number of hydrogen-bond acceptors (Lipinski definition) is 6. The molecular formula is C17H16N4OS. The van der Waals surface area contributed by atoms with E-state index in [4.69, 9.17) is 10.3 Å². The van der Waals surface area contributed by atoms with E-state index in [9.17, 15) is 0 Å². The minimum atomic E-state index is 0.468. The number of nitrogen functional groups attached to an aromatic ring is 1. The van der Waals surface area contributed by atoms with Crippen molar-refractivity contribution in [2.24, 2.45) is 5.84 Å². The van der Waals surface area contributed by atoms with Gasteiger partial charge in [-0.15, -0.1) is 0 Å². The van der Waals surface area contributed by atoms with E-state index < -0.39 is 0 Å². The lowest BCUT2D eigenvalue weighted by atomic mass is 10.0. The maximum Gasteiger partial charge on any atom is 0.227 e. The number of anilines is 1. The molecule has 2 heterocycles. The van der Waals surface area contributed by atoms with Gasteiger partial charge in [0.15, 0.2) is 10.7 Å². The minimum absolute atomic E-state index is 0.468. The molecule has 116 valence electrons. The van der Waals surface area contributed by atoms with E-state index in [1.807, 2.05) is 24.3 Å². The number of fused-ring (bicyclic) bond motifs is 2. The van der Waals surface area contributed by atoms with Crippen molar-refractivity contribution >= 4 is 37.8 Å². The quantitative estimate of drug-likeness (QED) is 0.428. The standard InChI is InChI=1S/C17H16N4OS/c1-9(2)10-4-6-14-13(7-10)19-16(22-14)11-3-5-12-15(8-11)23-17(20-12)21-18/h3-9H,18H2,1-2H3,(H,20,21). The third-order valence-corrected chi connectivity index (χ3v) is 4.79. The number of thiazole rings is 1. The summed E-state index contributed by atoms with van der Waals surface area (Å²) in [6, 6.07) is 12.1. The molecule has 0 aliphatic rings. The number of rotatable bonds is 3. The van der Waals surface area contributed by atoms with Crippen LogP contribution in [0.25, 0.3) is 32.8 Å². The first-order valence-electron chi connectivity index (χ1n) is 7.42. The molecule has 0 aliphatic heterocycles. The van der Waals surface area contributed by atoms with Crippen molar-refractivity contribution in [1.29, 1.82) is 0 Å². The fourth-order valence-electron chi connectivity index (χ4n) is 2.55. The molecule has 2 aromatic heterocycles. The summed E-state index contributed by atoms with van der Waals surface area (Å²) in [5.41, 5.74) is 7.38. The zero-order valence-electron chi connectivity index (χ0n) is 12.8. The van der Waals surface area contributed by atoms with Crippen LogP contribution < -0.4 is 11.3 Å². The molecule has 0 amide bonds. The summed E-state index contributed by atoms with van der Waals surface area (Å²) in [5.74, 6) is 6.51. The molecule has 5 nitrogen and oxygen atoms in total. The van der Waals surface area contributed by atoms with E-state index in [0.29, 0.717) is 16.9 Å². The Morgan fingerprint density at radius 3 is 2.74 bits per heavy atom. The number of nitrogens with zero attached hydrogens (tertiary/aromatic N) is 2. The van der Waals surface area contributed by atoms with Crippen molar-refractivity contribution in [1.82, 2.24) is 9.97 Å². The number of benzene rings is 2. The van der Waals surface area contributed by atoms with Crippen molar-refractivity contribution in [2.75, 3.05) is 5.43 Å². The predicted octanol–water partition coefficient (Wildman–Crippen LogP) is 4.51. The monoisotopic (exact) mass is 324 g/mol. The molecule has 0 spiro atoms. The lowest BCUT2D eigenvalue weighted by Gasteiger charge is -2.02. The Kier molecular flexibility index (Phi) is 3.28. The molecule has 0 radical (unpaired) electrons. The third kappa shape index (κ3) is 2.46. The zero-order valence-corrected chi connectivity index (χ0v) is 13.6. The van der Waals surface area contributed by atoms with Crippen LogP contribution in [0.4, 0.5) is 5.13 Å². The van der Waals surface area contributed by atoms with Crippen LogP contribution in [0.15, 0.2) is 40.8 Å². The van der Waals surface area contributed by atoms with Crippen molar-refractivity contribution in [2.45, 2.75) is 19.8 Å². The van der Waals surface area contributed by atoms with E-state index in [2.05, 4.69) is 41.4 Å². The molecule has 0 saturated heterocycles. The van der Waals surface area contributed by atoms with Gasteiger partial charge in [-0.3, -0.25) is 5.43 Å². The summed E-state index contributed by atoms with van der Waals surface area (Å²) >= 11 is 1.50. The van der Waals surface area contributed by atoms with Crippen LogP contribution in [0.5, 0.6) is 0 Å². The van der Waals surface area contributed by atoms with Crippen LogP contribution in [-0.4, -0.2) is 9.97 Å². The van der Waals surface area contributed by atoms with Crippen molar-refractivity contribution in [3.8, 4) is 11.5 Å². The molecule has 0 saturated carbocycles. The Balaban J connectivity index is 1.81. The van der Waals surface area contributed by atoms with E-state index in [1.54, 1.807) is 0 Å². The summed E-state index contributed by atoms with van der Waals surface area (Å²) in [7, 11) is 0. The lowest BCUT2D eigenvalue weighted by molar-refractivity contribution is 0.620. The number of nitrogens with two attached hydrogens (primary N) is 1. The van der Waals surface area contributed by atoms with E-state index in [0.717, 1.165) is 26.9 Å². The van der Waals surface area contributed by atoms with Crippen molar-refractivity contribution < 1.29 is 4.42 Å². The highest BCUT2D eigenvalue weighted by atomic mass is 32.1. The number of aromatic nitrogens is 2. The Hall–Kier alpha value is -2.44. The molecule has 4 aromatic rings. The van der Waals surface area contributed by atoms with Gasteiger partial charge in [0.25, 0.3) is 0 Å². The summed E-state index contributed by atoms with van der Waals surface area (Å²) in [5, 5.41) is 0.691. The Labute approximate surface area is 137 Å². The van der Waals surface area contributed by atoms with Gasteiger partial charge in [-0.1, -0.05) is 31.3 Å². The Morgan fingerprint density at radius 1 is 1.09 bits per heavy atom. The van der Waals surface area contributed by atoms with Gasteiger partial charge >= 0.3 is 0 Å². The van der Waals surface area contributed by atoms with Gasteiger partial charge < -0.3 is 4.42 Å². The molecule has 0 unspecified atom stereocenters. The first-order valence-corrected chi connectivity index (χ1v) is 8.24. The Bertz CT molecular complexity index is 1000. The van der Waals surface area contributed by atoms with Crippen LogP contribution in [-0.2, 0) is 0 Å². The fraction of sp³-hybridized carbons (Fsp3) is 0.176. The van der Waals surface area contributed by atoms with Gasteiger partial charge in [-0.05, 0) is 41.8 Å². The predicted molar refractivity (Wildman–Crippen MR) is 94.5 cm³/mol. The fourth-order valence-corrected chi connectivity index (χ4v) is 3.36. The summed E-state index contributed by atoms with van der Waals surface area (Å²) in [6.07, 6.45) is 0. The largest absolute Gasteiger partial charge is 0.436 e. The zero-order chi connectivity index (χ0) is 16.0. The highest BCUT2D eigenvalue weighted by molar-refractivity contribution is 7.22. The minimum Gasteiger partial charge on any atom is -0.436 e. The highest BCUT2D eigenvalue weighted by Crippen LogP contribution is 2.31. The Morgan fingerprint density at radius 2 is 1.96 bits per heavy atom. The first-order chi connectivity index (χ1) is 11.1. The SMILES string of the molecule is CC(C)c1ccc2oc(-c3ccc4nc(NN)sc4c3)nc2c1. The second-order valence-corrected chi connectivity index (χ2v) is 6.78. The van der Waals surface area contributed by atoms with Crippen LogP contribution in [0.3, 0.4) is 0 Å². The lowest BCUT2D eigenvalue weighted by Crippen LogP contribution is -2.05. The van der Waals surface area contributed by atoms with Crippen LogP contribution in [0, 0.1) is 0 Å². The summed E-state index contributed by atoms with van der Waals surface area (Å²) in [6.45, 7) is 4.34. The topological polar surface area (TPSA) is 77.0 Å². The van der Waals surface area contributed by atoms with Crippen LogP contribution >= 0.6 is 11.3 Å². The smallest absolute Gasteiger partial charge is 0.227 e. The second-order valence-electron chi connectivity index (χ2n) is 5.75. The number of hydrazine groups is 1. The number of hydrogen-bond donors (Lipinski definition) is 2. The van der Waals surface area contributed by atoms with E-state index in [1.165, 1.54) is 16.9 Å². The van der Waals surface area contributed by atoms with Crippen LogP contribution in [0.1, 0.15) is 25.3 Å². The number of nitrogens with one attached hydrogen (secondary N) is 1. The maximum atomic E-state index is 5.90. The van der Waals surface area contributed by atoms with E-state index in [-0.39, 0.29) is 0 Å². The average Bonchev–Trinajstić information content (AvgIpc) is 3.16. The van der Waals surface area contributed by atoms with Gasteiger partial charge in [-0.2, -0.15) is 0 Å². The van der Waals surface area contributed by atoms with Gasteiger partial charge in [-0.25, -0.2) is 15.8 Å². The molecule has 2 aromatic carbocycles. The highest BCUT2D eigenvalue weighted by Gasteiger charge is 2.12. The molecule has 0 atom stereocenters. The molecular weight excluding hydrogens is 308 g/mol. The summed E-state index contributed by atoms with van der Waals surface area (Å²) < 4.78 is 6.95. The molecule has 0 fully saturated rings. The molecule has 4 rings (SSSR count). The van der Waals surface area contributed by atoms with Crippen molar-refractivity contribution in [3.05, 3.63) is 42.0 Å². The third-order valence-electron chi connectivity index (χ3n) is 3.84. The summed E-state index contributed by atoms with van der Waals surface area (Å²) in [4.78, 5) is 9.01. The van der Waals surface area contributed by atoms with Gasteiger partial charge in [0.05, 0.1) is 10.2 Å². The molecule has 6 heteroatoms. The second kappa shape index (κ2) is 5.33. The normalized spacial score (nSPS) is 11.7. The molecule has 0 aliphatic carbocycles. The van der Waals surface area contributed by atoms with Crippen molar-refractivity contribution in [3.63, 3.8) is 0 Å². The molecule has 3 N–H and O–H groups in total.